The Balaban J connectivity index is 2.91. The second-order valence-electron chi connectivity index (χ2n) is 3.03. The zero-order chi connectivity index (χ0) is 8.27. The average molecular weight is 162 g/mol. The van der Waals surface area contributed by atoms with Gasteiger partial charge in [0.2, 0.25) is 0 Å². The molecule has 0 spiro atoms. The van der Waals surface area contributed by atoms with Crippen LogP contribution in [0.15, 0.2) is 30.8 Å². The Morgan fingerprint density at radius 3 is 2.09 bits per heavy atom. The third-order valence-electron chi connectivity index (χ3n) is 1.84. The molecule has 0 unspecified atom stereocenters. The third-order valence-corrected chi connectivity index (χ3v) is 3.56. The minimum absolute atomic E-state index is 0.595. The van der Waals surface area contributed by atoms with Crippen molar-refractivity contribution < 1.29 is 0 Å². The van der Waals surface area contributed by atoms with Crippen LogP contribution in [0.4, 0.5) is 0 Å². The largest absolute Gasteiger partial charge is 0.0985 e. The third kappa shape index (κ3) is 2.05. The summed E-state index contributed by atoms with van der Waals surface area (Å²) >= 11 is 0. The summed E-state index contributed by atoms with van der Waals surface area (Å²) in [6.45, 7) is 8.39. The molecule has 0 bridgehead atoms. The minimum atomic E-state index is -0.595. The monoisotopic (exact) mass is 162 g/mol. The van der Waals surface area contributed by atoms with Crippen molar-refractivity contribution in [1.82, 2.24) is 0 Å². The van der Waals surface area contributed by atoms with E-state index in [1.165, 1.54) is 10.8 Å². The first-order chi connectivity index (χ1) is 5.24. The highest BCUT2D eigenvalue weighted by Crippen LogP contribution is 1.98. The summed E-state index contributed by atoms with van der Waals surface area (Å²) in [6.07, 6.45) is 1.88. The van der Waals surface area contributed by atoms with Crippen LogP contribution >= 0.6 is 0 Å². The lowest BCUT2D eigenvalue weighted by Crippen LogP contribution is -2.21. The van der Waals surface area contributed by atoms with E-state index in [1.54, 1.807) is 0 Å². The molecule has 1 heteroatoms. The van der Waals surface area contributed by atoms with E-state index >= 15 is 0 Å². The summed E-state index contributed by atoms with van der Waals surface area (Å²) in [4.78, 5) is 0. The molecule has 1 aromatic carbocycles. The summed E-state index contributed by atoms with van der Waals surface area (Å²) < 4.78 is 0. The van der Waals surface area contributed by atoms with Crippen molar-refractivity contribution in [2.75, 3.05) is 0 Å². The van der Waals surface area contributed by atoms with Gasteiger partial charge in [-0.2, -0.15) is 0 Å². The van der Waals surface area contributed by atoms with Crippen LogP contribution in [-0.4, -0.2) is 8.80 Å². The topological polar surface area (TPSA) is 0 Å². The molecular weight excluding hydrogens is 148 g/mol. The van der Waals surface area contributed by atoms with E-state index in [0.29, 0.717) is 0 Å². The molecule has 0 atom stereocenters. The van der Waals surface area contributed by atoms with Gasteiger partial charge >= 0.3 is 0 Å². The molecule has 0 fully saturated rings. The summed E-state index contributed by atoms with van der Waals surface area (Å²) in [5.41, 5.74) is 1.21. The molecule has 1 rings (SSSR count). The average Bonchev–Trinajstić information content (AvgIpc) is 2.05. The van der Waals surface area contributed by atoms with Crippen molar-refractivity contribution in [1.29, 1.82) is 0 Å². The zero-order valence-corrected chi connectivity index (χ0v) is 8.33. The molecule has 0 nitrogen and oxygen atoms in total. The van der Waals surface area contributed by atoms with Crippen molar-refractivity contribution in [3.05, 3.63) is 36.4 Å². The van der Waals surface area contributed by atoms with Crippen molar-refractivity contribution >= 4 is 20.1 Å². The SMILES string of the molecule is C=Cc1ccc([SiH](C)C)cc1. The van der Waals surface area contributed by atoms with Gasteiger partial charge in [-0.1, -0.05) is 55.2 Å². The van der Waals surface area contributed by atoms with E-state index in [2.05, 4.69) is 43.9 Å². The Bertz CT molecular complexity index is 234. The van der Waals surface area contributed by atoms with Crippen molar-refractivity contribution in [2.45, 2.75) is 13.1 Å². The van der Waals surface area contributed by atoms with Gasteiger partial charge in [-0.3, -0.25) is 0 Å². The highest BCUT2D eigenvalue weighted by atomic mass is 28.3. The van der Waals surface area contributed by atoms with Crippen molar-refractivity contribution in [2.24, 2.45) is 0 Å². The second-order valence-corrected chi connectivity index (χ2v) is 6.00. The Morgan fingerprint density at radius 1 is 1.18 bits per heavy atom. The van der Waals surface area contributed by atoms with Crippen LogP contribution in [0, 0.1) is 0 Å². The predicted molar refractivity (Wildman–Crippen MR) is 55.0 cm³/mol. The van der Waals surface area contributed by atoms with E-state index in [4.69, 9.17) is 0 Å². The molecule has 0 aliphatic carbocycles. The maximum absolute atomic E-state index is 3.72. The second kappa shape index (κ2) is 3.53. The predicted octanol–water partition coefficient (Wildman–Crippen LogP) is 2.02. The summed E-state index contributed by atoms with van der Waals surface area (Å²) in [5, 5.41) is 1.52. The molecule has 11 heavy (non-hydrogen) atoms. The molecule has 0 heterocycles. The first-order valence-corrected chi connectivity index (χ1v) is 6.85. The quantitative estimate of drug-likeness (QED) is 0.584. The Hall–Kier alpha value is -0.823. The van der Waals surface area contributed by atoms with Gasteiger partial charge in [-0.25, -0.2) is 0 Å². The maximum Gasteiger partial charge on any atom is 0.0647 e. The fourth-order valence-electron chi connectivity index (χ4n) is 1.02. The van der Waals surface area contributed by atoms with Gasteiger partial charge in [0.1, 0.15) is 0 Å². The van der Waals surface area contributed by atoms with Crippen LogP contribution in [-0.2, 0) is 0 Å². The highest BCUT2D eigenvalue weighted by Gasteiger charge is 1.97. The lowest BCUT2D eigenvalue weighted by molar-refractivity contribution is 1.69. The Morgan fingerprint density at radius 2 is 1.73 bits per heavy atom. The fraction of sp³-hybridized carbons (Fsp3) is 0.200. The van der Waals surface area contributed by atoms with Crippen LogP contribution in [0.5, 0.6) is 0 Å². The van der Waals surface area contributed by atoms with Gasteiger partial charge in [0.05, 0.1) is 8.80 Å². The molecule has 0 aromatic heterocycles. The zero-order valence-electron chi connectivity index (χ0n) is 7.17. The molecule has 0 radical (unpaired) electrons. The van der Waals surface area contributed by atoms with Crippen LogP contribution < -0.4 is 5.19 Å². The molecule has 0 amide bonds. The van der Waals surface area contributed by atoms with E-state index in [0.717, 1.165) is 0 Å². The first-order valence-electron chi connectivity index (χ1n) is 3.96. The highest BCUT2D eigenvalue weighted by molar-refractivity contribution is 6.70. The lowest BCUT2D eigenvalue weighted by Gasteiger charge is -2.02. The number of hydrogen-bond acceptors (Lipinski definition) is 0. The van der Waals surface area contributed by atoms with Crippen LogP contribution in [0.1, 0.15) is 5.56 Å². The molecule has 0 N–H and O–H groups in total. The van der Waals surface area contributed by atoms with Crippen molar-refractivity contribution in [3.8, 4) is 0 Å². The molecule has 1 aromatic rings. The number of rotatable bonds is 2. The molecule has 0 saturated heterocycles. The van der Waals surface area contributed by atoms with Crippen molar-refractivity contribution in [3.63, 3.8) is 0 Å². The Kier molecular flexibility index (Phi) is 2.66. The standard InChI is InChI=1S/C10H14Si/c1-4-9-5-7-10(8-6-9)11(2)3/h4-8,11H,1H2,2-3H3. The van der Waals surface area contributed by atoms with E-state index in [-0.39, 0.29) is 0 Å². The van der Waals surface area contributed by atoms with Gasteiger partial charge in [0.15, 0.2) is 0 Å². The molecule has 0 saturated carbocycles. The minimum Gasteiger partial charge on any atom is -0.0985 e. The maximum atomic E-state index is 3.72. The smallest absolute Gasteiger partial charge is 0.0647 e. The number of benzene rings is 1. The van der Waals surface area contributed by atoms with Gasteiger partial charge in [-0.05, 0) is 5.56 Å². The van der Waals surface area contributed by atoms with Crippen LogP contribution in [0.25, 0.3) is 6.08 Å². The van der Waals surface area contributed by atoms with E-state index in [1.807, 2.05) is 6.08 Å². The van der Waals surface area contributed by atoms with Crippen LogP contribution in [0.3, 0.4) is 0 Å². The van der Waals surface area contributed by atoms with Gasteiger partial charge in [0.25, 0.3) is 0 Å². The summed E-state index contributed by atoms with van der Waals surface area (Å²) in [5.74, 6) is 0. The van der Waals surface area contributed by atoms with E-state index < -0.39 is 8.80 Å². The summed E-state index contributed by atoms with van der Waals surface area (Å²) in [7, 11) is -0.595. The first kappa shape index (κ1) is 8.28. The van der Waals surface area contributed by atoms with Gasteiger partial charge in [-0.15, -0.1) is 0 Å². The van der Waals surface area contributed by atoms with E-state index in [9.17, 15) is 0 Å². The molecule has 58 valence electrons. The molecule has 0 aliphatic heterocycles. The normalized spacial score (nSPS) is 10.1. The van der Waals surface area contributed by atoms with Gasteiger partial charge in [0, 0.05) is 0 Å². The summed E-state index contributed by atoms with van der Waals surface area (Å²) in [6, 6.07) is 8.70. The molecular formula is C10H14Si. The Labute approximate surface area is 70.2 Å². The lowest BCUT2D eigenvalue weighted by atomic mass is 10.2. The van der Waals surface area contributed by atoms with Gasteiger partial charge < -0.3 is 0 Å². The fourth-order valence-corrected chi connectivity index (χ4v) is 1.98. The number of hydrogen-bond donors (Lipinski definition) is 0. The molecule has 0 aliphatic rings. The van der Waals surface area contributed by atoms with Crippen LogP contribution in [0.2, 0.25) is 13.1 Å².